The second-order valence-electron chi connectivity index (χ2n) is 2.58. The van der Waals surface area contributed by atoms with Gasteiger partial charge in [0, 0.05) is 6.08 Å². The summed E-state index contributed by atoms with van der Waals surface area (Å²) in [5.41, 5.74) is 0.721. The van der Waals surface area contributed by atoms with Crippen LogP contribution in [0.1, 0.15) is 13.3 Å². The van der Waals surface area contributed by atoms with Gasteiger partial charge in [0.2, 0.25) is 0 Å². The number of carbonyl (C=O) groups excluding carboxylic acids is 1. The predicted molar refractivity (Wildman–Crippen MR) is 56.7 cm³/mol. The van der Waals surface area contributed by atoms with Gasteiger partial charge in [-0.25, -0.2) is 4.79 Å². The Balaban J connectivity index is 0. The van der Waals surface area contributed by atoms with Gasteiger partial charge in [0.05, 0.1) is 5.75 Å². The van der Waals surface area contributed by atoms with E-state index in [-0.39, 0.29) is 41.7 Å². The van der Waals surface area contributed by atoms with Crippen LogP contribution >= 0.6 is 0 Å². The summed E-state index contributed by atoms with van der Waals surface area (Å²) in [5.74, 6) is -1.19. The molecule has 0 aliphatic carbocycles. The van der Waals surface area contributed by atoms with Crippen LogP contribution in [0.5, 0.6) is 0 Å². The zero-order valence-electron chi connectivity index (χ0n) is 7.45. The number of hydrogen-bond acceptors (Lipinski definition) is 4. The van der Waals surface area contributed by atoms with Gasteiger partial charge >= 0.3 is 45.6 Å². The molecular weight excluding hydrogens is 215 g/mol. The maximum atomic E-state index is 11.0. The van der Waals surface area contributed by atoms with Gasteiger partial charge in [0.25, 0.3) is 0 Å². The third kappa shape index (κ3) is 8.50. The SMILES string of the molecule is C=CC(=O)OS(=O)(=O)CCC(=C)C.[NaH]. The van der Waals surface area contributed by atoms with Crippen molar-refractivity contribution in [1.82, 2.24) is 0 Å². The van der Waals surface area contributed by atoms with Gasteiger partial charge in [-0.2, -0.15) is 8.42 Å². The first-order valence-electron chi connectivity index (χ1n) is 3.60. The summed E-state index contributed by atoms with van der Waals surface area (Å²) >= 11 is 0. The Kier molecular flexibility index (Phi) is 8.43. The molecule has 0 aromatic rings. The van der Waals surface area contributed by atoms with E-state index in [1.165, 1.54) is 0 Å². The molecule has 0 saturated carbocycles. The summed E-state index contributed by atoms with van der Waals surface area (Å²) in [4.78, 5) is 10.5. The quantitative estimate of drug-likeness (QED) is 0.295. The van der Waals surface area contributed by atoms with E-state index < -0.39 is 16.1 Å². The third-order valence-electron chi connectivity index (χ3n) is 1.15. The Morgan fingerprint density at radius 2 is 2.00 bits per heavy atom. The van der Waals surface area contributed by atoms with Gasteiger partial charge in [-0.1, -0.05) is 12.2 Å². The molecule has 0 saturated heterocycles. The summed E-state index contributed by atoms with van der Waals surface area (Å²) in [6.45, 7) is 8.32. The van der Waals surface area contributed by atoms with E-state index in [1.54, 1.807) is 6.92 Å². The van der Waals surface area contributed by atoms with Gasteiger partial charge < -0.3 is 4.18 Å². The molecule has 6 heteroatoms. The summed E-state index contributed by atoms with van der Waals surface area (Å²) in [6, 6.07) is 0. The topological polar surface area (TPSA) is 60.4 Å². The first-order chi connectivity index (χ1) is 5.87. The molecule has 0 rings (SSSR count). The molecule has 0 aromatic carbocycles. The fraction of sp³-hybridized carbons (Fsp3) is 0.375. The van der Waals surface area contributed by atoms with Crippen molar-refractivity contribution in [3.8, 4) is 0 Å². The van der Waals surface area contributed by atoms with E-state index in [0.717, 1.165) is 11.6 Å². The van der Waals surface area contributed by atoms with Crippen molar-refractivity contribution >= 4 is 45.6 Å². The molecule has 0 fully saturated rings. The summed E-state index contributed by atoms with van der Waals surface area (Å²) < 4.78 is 26.1. The van der Waals surface area contributed by atoms with Gasteiger partial charge in [0.1, 0.15) is 0 Å². The van der Waals surface area contributed by atoms with Crippen molar-refractivity contribution < 1.29 is 17.4 Å². The Hall–Kier alpha value is -0.100. The van der Waals surface area contributed by atoms with Crippen molar-refractivity contribution in [1.29, 1.82) is 0 Å². The molecule has 4 nitrogen and oxygen atoms in total. The Bertz CT molecular complexity index is 318. The van der Waals surface area contributed by atoms with Crippen LogP contribution in [0.2, 0.25) is 0 Å². The summed E-state index contributed by atoms with van der Waals surface area (Å²) in [7, 11) is -3.77. The van der Waals surface area contributed by atoms with Crippen molar-refractivity contribution in [2.45, 2.75) is 13.3 Å². The first-order valence-corrected chi connectivity index (χ1v) is 5.18. The first kappa shape index (κ1) is 16.3. The fourth-order valence-electron chi connectivity index (χ4n) is 0.500. The van der Waals surface area contributed by atoms with Crippen molar-refractivity contribution in [3.05, 3.63) is 24.8 Å². The minimum atomic E-state index is -3.77. The fourth-order valence-corrected chi connectivity index (χ4v) is 1.50. The van der Waals surface area contributed by atoms with Gasteiger partial charge in [0.15, 0.2) is 0 Å². The monoisotopic (exact) mass is 228 g/mol. The summed E-state index contributed by atoms with van der Waals surface area (Å²) in [6.07, 6.45) is 1.09. The number of hydrogen-bond donors (Lipinski definition) is 0. The van der Waals surface area contributed by atoms with E-state index in [4.69, 9.17) is 0 Å². The van der Waals surface area contributed by atoms with Crippen LogP contribution in [-0.4, -0.2) is 49.7 Å². The van der Waals surface area contributed by atoms with E-state index >= 15 is 0 Å². The van der Waals surface area contributed by atoms with Crippen LogP contribution in [0.4, 0.5) is 0 Å². The minimum absolute atomic E-state index is 0. The van der Waals surface area contributed by atoms with Crippen LogP contribution in [0, 0.1) is 0 Å². The second kappa shape index (κ2) is 7.23. The van der Waals surface area contributed by atoms with Crippen LogP contribution in [-0.2, 0) is 19.1 Å². The van der Waals surface area contributed by atoms with Gasteiger partial charge in [-0.05, 0) is 13.3 Å². The van der Waals surface area contributed by atoms with Crippen LogP contribution in [0.15, 0.2) is 24.8 Å². The number of allylic oxidation sites excluding steroid dienone is 1. The Morgan fingerprint density at radius 3 is 2.36 bits per heavy atom. The average Bonchev–Trinajstić information content (AvgIpc) is 2.00. The van der Waals surface area contributed by atoms with E-state index in [0.29, 0.717) is 0 Å². The molecular formula is C8H13NaO4S. The molecule has 0 atom stereocenters. The van der Waals surface area contributed by atoms with Gasteiger partial charge in [-0.15, -0.1) is 6.58 Å². The zero-order valence-corrected chi connectivity index (χ0v) is 8.26. The van der Waals surface area contributed by atoms with E-state index in [2.05, 4.69) is 17.3 Å². The molecule has 0 N–H and O–H groups in total. The van der Waals surface area contributed by atoms with Crippen LogP contribution in [0.3, 0.4) is 0 Å². The predicted octanol–water partition coefficient (Wildman–Crippen LogP) is 0.363. The molecule has 0 aliphatic heterocycles. The third-order valence-corrected chi connectivity index (χ3v) is 2.28. The Labute approximate surface area is 106 Å². The number of carbonyl (C=O) groups is 1. The van der Waals surface area contributed by atoms with E-state index in [9.17, 15) is 13.2 Å². The average molecular weight is 228 g/mol. The normalized spacial score (nSPS) is 9.79. The standard InChI is InChI=1S/C8H12O4S.Na.H/c1-4-8(9)12-13(10,11)6-5-7(2)3;;/h4H,1-2,5-6H2,3H3;;. The van der Waals surface area contributed by atoms with Crippen molar-refractivity contribution in [3.63, 3.8) is 0 Å². The van der Waals surface area contributed by atoms with Crippen LogP contribution < -0.4 is 0 Å². The Morgan fingerprint density at radius 1 is 1.50 bits per heavy atom. The molecule has 0 amide bonds. The van der Waals surface area contributed by atoms with Crippen molar-refractivity contribution in [2.24, 2.45) is 0 Å². The molecule has 14 heavy (non-hydrogen) atoms. The van der Waals surface area contributed by atoms with Crippen molar-refractivity contribution in [2.75, 3.05) is 5.75 Å². The molecule has 0 radical (unpaired) electrons. The molecule has 0 aliphatic rings. The molecule has 76 valence electrons. The van der Waals surface area contributed by atoms with Gasteiger partial charge in [-0.3, -0.25) is 0 Å². The number of rotatable bonds is 5. The molecule has 0 spiro atoms. The molecule has 0 aromatic heterocycles. The zero-order chi connectivity index (χ0) is 10.5. The molecule has 0 heterocycles. The molecule has 0 bridgehead atoms. The van der Waals surface area contributed by atoms with Crippen LogP contribution in [0.25, 0.3) is 0 Å². The van der Waals surface area contributed by atoms with E-state index in [1.807, 2.05) is 0 Å². The second-order valence-corrected chi connectivity index (χ2v) is 4.27. The summed E-state index contributed by atoms with van der Waals surface area (Å²) in [5, 5.41) is 0. The maximum absolute atomic E-state index is 11.0. The molecule has 0 unspecified atom stereocenters.